The highest BCUT2D eigenvalue weighted by atomic mass is 16.5. The largest absolute Gasteiger partial charge is 0.462 e. The number of ether oxygens (including phenoxy) is 1. The maximum Gasteiger partial charge on any atom is 0.309 e. The van der Waals surface area contributed by atoms with E-state index >= 15 is 0 Å². The molecule has 0 aromatic carbocycles. The number of carbonyl (C=O) groups excluding carboxylic acids is 1. The van der Waals surface area contributed by atoms with E-state index in [1.807, 2.05) is 6.92 Å². The molecule has 0 radical (unpaired) electrons. The molecular weight excluding hydrogens is 152 g/mol. The molecule has 0 unspecified atom stereocenters. The third-order valence-electron chi connectivity index (χ3n) is 2.77. The highest BCUT2D eigenvalue weighted by molar-refractivity contribution is 5.74. The quantitative estimate of drug-likeness (QED) is 0.406. The number of esters is 1. The molecule has 0 N–H and O–H groups in total. The zero-order valence-corrected chi connectivity index (χ0v) is 7.32. The fraction of sp³-hybridized carbons (Fsp3) is 0.700. The normalized spacial score (nSPS) is 40.4. The van der Waals surface area contributed by atoms with Crippen molar-refractivity contribution in [2.75, 3.05) is 0 Å². The minimum atomic E-state index is 0.0168. The van der Waals surface area contributed by atoms with Gasteiger partial charge in [0.1, 0.15) is 0 Å². The molecule has 2 rings (SSSR count). The van der Waals surface area contributed by atoms with Crippen molar-refractivity contribution in [2.24, 2.45) is 11.8 Å². The molecule has 3 atom stereocenters. The molecule has 0 aromatic heterocycles. The number of carbonyl (C=O) groups is 1. The van der Waals surface area contributed by atoms with Gasteiger partial charge in [0.15, 0.2) is 0 Å². The first-order valence-electron chi connectivity index (χ1n) is 4.64. The van der Waals surface area contributed by atoms with E-state index in [4.69, 9.17) is 4.74 Å². The van der Waals surface area contributed by atoms with Crippen molar-refractivity contribution in [3.05, 3.63) is 12.2 Å². The number of hydrogen-bond donors (Lipinski definition) is 0. The summed E-state index contributed by atoms with van der Waals surface area (Å²) in [5.41, 5.74) is 0. The van der Waals surface area contributed by atoms with Crippen molar-refractivity contribution in [3.63, 3.8) is 0 Å². The van der Waals surface area contributed by atoms with Crippen LogP contribution in [-0.2, 0) is 9.53 Å². The van der Waals surface area contributed by atoms with Gasteiger partial charge in [-0.2, -0.15) is 0 Å². The molecule has 1 aliphatic carbocycles. The van der Waals surface area contributed by atoms with Crippen LogP contribution in [-0.4, -0.2) is 12.1 Å². The van der Waals surface area contributed by atoms with E-state index in [-0.39, 0.29) is 18.0 Å². The van der Waals surface area contributed by atoms with E-state index < -0.39 is 0 Å². The van der Waals surface area contributed by atoms with Gasteiger partial charge in [-0.15, -0.1) is 0 Å². The van der Waals surface area contributed by atoms with E-state index in [2.05, 4.69) is 12.2 Å². The summed E-state index contributed by atoms with van der Waals surface area (Å²) in [5.74, 6) is 0.629. The summed E-state index contributed by atoms with van der Waals surface area (Å²) >= 11 is 0. The fourth-order valence-corrected chi connectivity index (χ4v) is 2.15. The summed E-state index contributed by atoms with van der Waals surface area (Å²) in [6.07, 6.45) is 7.50. The summed E-state index contributed by atoms with van der Waals surface area (Å²) in [4.78, 5) is 11.4. The van der Waals surface area contributed by atoms with Crippen molar-refractivity contribution in [1.82, 2.24) is 0 Å². The van der Waals surface area contributed by atoms with Crippen LogP contribution in [0.5, 0.6) is 0 Å². The molecule has 2 nitrogen and oxygen atoms in total. The van der Waals surface area contributed by atoms with Gasteiger partial charge in [-0.05, 0) is 32.1 Å². The molecule has 2 heteroatoms. The van der Waals surface area contributed by atoms with E-state index in [1.54, 1.807) is 0 Å². The summed E-state index contributed by atoms with van der Waals surface area (Å²) in [5, 5.41) is 0. The van der Waals surface area contributed by atoms with Crippen LogP contribution in [0, 0.1) is 11.8 Å². The van der Waals surface area contributed by atoms with Crippen LogP contribution >= 0.6 is 0 Å². The molecule has 2 aliphatic rings. The Morgan fingerprint density at radius 1 is 1.58 bits per heavy atom. The lowest BCUT2D eigenvalue weighted by molar-refractivity contribution is -0.162. The van der Waals surface area contributed by atoms with Gasteiger partial charge in [-0.1, -0.05) is 12.2 Å². The van der Waals surface area contributed by atoms with Crippen LogP contribution in [0.15, 0.2) is 12.2 Å². The van der Waals surface area contributed by atoms with Crippen molar-refractivity contribution in [3.8, 4) is 0 Å². The fourth-order valence-electron chi connectivity index (χ4n) is 2.15. The van der Waals surface area contributed by atoms with Gasteiger partial charge in [0, 0.05) is 0 Å². The smallest absolute Gasteiger partial charge is 0.309 e. The standard InChI is InChI=1S/C10H14O2/c1-7-6-8-4-2-3-5-9(8)10(11)12-7/h2,4,7-9H,3,5-6H2,1H3/t7-,8+,9-/m0/s1. The Kier molecular flexibility index (Phi) is 1.91. The lowest BCUT2D eigenvalue weighted by Crippen LogP contribution is -2.36. The SMILES string of the molecule is C[C@H]1C[C@H]2C=CCC[C@@H]2C(=O)O1. The van der Waals surface area contributed by atoms with Gasteiger partial charge in [0.2, 0.25) is 0 Å². The molecule has 66 valence electrons. The summed E-state index contributed by atoms with van der Waals surface area (Å²) in [6, 6.07) is 0. The minimum Gasteiger partial charge on any atom is -0.462 e. The third kappa shape index (κ3) is 1.26. The number of allylic oxidation sites excluding steroid dienone is 2. The Labute approximate surface area is 72.6 Å². The average molecular weight is 166 g/mol. The van der Waals surface area contributed by atoms with Crippen LogP contribution in [0.3, 0.4) is 0 Å². The van der Waals surface area contributed by atoms with Gasteiger partial charge in [0.25, 0.3) is 0 Å². The molecule has 0 amide bonds. The zero-order valence-electron chi connectivity index (χ0n) is 7.32. The van der Waals surface area contributed by atoms with Crippen LogP contribution in [0.1, 0.15) is 26.2 Å². The van der Waals surface area contributed by atoms with E-state index in [9.17, 15) is 4.79 Å². The number of rotatable bonds is 0. The topological polar surface area (TPSA) is 26.3 Å². The number of fused-ring (bicyclic) bond motifs is 1. The first-order chi connectivity index (χ1) is 5.77. The molecule has 0 bridgehead atoms. The molecule has 0 saturated carbocycles. The van der Waals surface area contributed by atoms with E-state index in [0.717, 1.165) is 19.3 Å². The molecule has 12 heavy (non-hydrogen) atoms. The van der Waals surface area contributed by atoms with Gasteiger partial charge >= 0.3 is 5.97 Å². The Morgan fingerprint density at radius 3 is 3.25 bits per heavy atom. The van der Waals surface area contributed by atoms with Crippen molar-refractivity contribution < 1.29 is 9.53 Å². The molecule has 1 heterocycles. The lowest BCUT2D eigenvalue weighted by atomic mass is 9.79. The Bertz CT molecular complexity index is 220. The second kappa shape index (κ2) is 2.92. The van der Waals surface area contributed by atoms with Crippen molar-refractivity contribution in [2.45, 2.75) is 32.3 Å². The van der Waals surface area contributed by atoms with E-state index in [1.165, 1.54) is 0 Å². The predicted molar refractivity (Wildman–Crippen MR) is 45.5 cm³/mol. The van der Waals surface area contributed by atoms with Gasteiger partial charge in [-0.3, -0.25) is 4.79 Å². The van der Waals surface area contributed by atoms with Crippen LogP contribution in [0.4, 0.5) is 0 Å². The second-order valence-corrected chi connectivity index (χ2v) is 3.76. The first kappa shape index (κ1) is 7.84. The maximum absolute atomic E-state index is 11.4. The first-order valence-corrected chi connectivity index (χ1v) is 4.64. The molecule has 0 spiro atoms. The molecule has 1 aliphatic heterocycles. The van der Waals surface area contributed by atoms with Crippen molar-refractivity contribution >= 4 is 5.97 Å². The highest BCUT2D eigenvalue weighted by Crippen LogP contribution is 2.34. The Balaban J connectivity index is 2.15. The van der Waals surface area contributed by atoms with Gasteiger partial charge < -0.3 is 4.74 Å². The summed E-state index contributed by atoms with van der Waals surface area (Å²) in [6.45, 7) is 1.97. The summed E-state index contributed by atoms with van der Waals surface area (Å²) in [7, 11) is 0. The maximum atomic E-state index is 11.4. The summed E-state index contributed by atoms with van der Waals surface area (Å²) < 4.78 is 5.18. The molecular formula is C10H14O2. The van der Waals surface area contributed by atoms with Gasteiger partial charge in [-0.25, -0.2) is 0 Å². The minimum absolute atomic E-state index is 0.0168. The highest BCUT2D eigenvalue weighted by Gasteiger charge is 2.35. The third-order valence-corrected chi connectivity index (χ3v) is 2.77. The molecule has 1 fully saturated rings. The Hall–Kier alpha value is -0.790. The molecule has 0 aromatic rings. The molecule has 1 saturated heterocycles. The number of cyclic esters (lactones) is 1. The monoisotopic (exact) mass is 166 g/mol. The van der Waals surface area contributed by atoms with Crippen LogP contribution < -0.4 is 0 Å². The zero-order chi connectivity index (χ0) is 8.55. The van der Waals surface area contributed by atoms with E-state index in [0.29, 0.717) is 5.92 Å². The number of hydrogen-bond acceptors (Lipinski definition) is 2. The Morgan fingerprint density at radius 2 is 2.42 bits per heavy atom. The van der Waals surface area contributed by atoms with Gasteiger partial charge in [0.05, 0.1) is 12.0 Å². The van der Waals surface area contributed by atoms with Crippen LogP contribution in [0.25, 0.3) is 0 Å². The lowest BCUT2D eigenvalue weighted by Gasteiger charge is -2.33. The van der Waals surface area contributed by atoms with Crippen LogP contribution in [0.2, 0.25) is 0 Å². The van der Waals surface area contributed by atoms with Crippen molar-refractivity contribution in [1.29, 1.82) is 0 Å². The second-order valence-electron chi connectivity index (χ2n) is 3.76. The average Bonchev–Trinajstić information content (AvgIpc) is 2.04. The predicted octanol–water partition coefficient (Wildman–Crippen LogP) is 1.90.